The fourth-order valence-corrected chi connectivity index (χ4v) is 6.83. The number of para-hydroxylation sites is 1. The summed E-state index contributed by atoms with van der Waals surface area (Å²) in [5, 5.41) is 5.22. The predicted octanol–water partition coefficient (Wildman–Crippen LogP) is 6.59. The van der Waals surface area contributed by atoms with E-state index in [0.717, 1.165) is 46.2 Å². The van der Waals surface area contributed by atoms with Crippen molar-refractivity contribution in [2.75, 3.05) is 11.9 Å². The molecule has 1 aliphatic heterocycles. The molecule has 0 spiro atoms. The van der Waals surface area contributed by atoms with E-state index in [-0.39, 0.29) is 5.91 Å². The molecule has 6 heteroatoms. The molecule has 0 saturated carbocycles. The van der Waals surface area contributed by atoms with Gasteiger partial charge < -0.3 is 5.32 Å². The van der Waals surface area contributed by atoms with Crippen LogP contribution in [0.15, 0.2) is 42.5 Å². The smallest absolute Gasteiger partial charge is 0.229 e. The molecule has 0 fully saturated rings. The molecule has 0 atom stereocenters. The van der Waals surface area contributed by atoms with Crippen LogP contribution in [0.5, 0.6) is 0 Å². The molecule has 0 radical (unpaired) electrons. The highest BCUT2D eigenvalue weighted by molar-refractivity contribution is 7.22. The summed E-state index contributed by atoms with van der Waals surface area (Å²) in [6, 6.07) is 15.0. The van der Waals surface area contributed by atoms with Gasteiger partial charge in [-0.25, -0.2) is 4.98 Å². The van der Waals surface area contributed by atoms with E-state index in [1.165, 1.54) is 26.3 Å². The summed E-state index contributed by atoms with van der Waals surface area (Å²) in [6.07, 6.45) is 1.36. The Labute approximate surface area is 203 Å². The van der Waals surface area contributed by atoms with Gasteiger partial charge in [0, 0.05) is 29.6 Å². The molecule has 1 N–H and O–H groups in total. The van der Waals surface area contributed by atoms with Crippen LogP contribution in [0.1, 0.15) is 41.0 Å². The lowest BCUT2D eigenvalue weighted by atomic mass is 10.0. The van der Waals surface area contributed by atoms with E-state index in [0.29, 0.717) is 12.5 Å². The molecule has 3 heterocycles. The number of thiophene rings is 1. The minimum absolute atomic E-state index is 0.0277. The third-order valence-electron chi connectivity index (χ3n) is 6.51. The van der Waals surface area contributed by atoms with Crippen molar-refractivity contribution >= 4 is 43.8 Å². The Balaban J connectivity index is 1.50. The average molecular weight is 476 g/mol. The van der Waals surface area contributed by atoms with E-state index in [1.807, 2.05) is 6.07 Å². The molecule has 1 amide bonds. The molecular formula is C27H29N3OS2. The van der Waals surface area contributed by atoms with Gasteiger partial charge in [-0.1, -0.05) is 30.3 Å². The van der Waals surface area contributed by atoms with Gasteiger partial charge in [-0.15, -0.1) is 22.7 Å². The molecule has 4 aromatic rings. The van der Waals surface area contributed by atoms with Gasteiger partial charge in [0.05, 0.1) is 16.6 Å². The molecule has 2 aromatic carbocycles. The monoisotopic (exact) mass is 475 g/mol. The molecule has 170 valence electrons. The maximum Gasteiger partial charge on any atom is 0.229 e. The fraction of sp³-hybridized carbons (Fsp3) is 0.333. The third kappa shape index (κ3) is 4.47. The highest BCUT2D eigenvalue weighted by Crippen LogP contribution is 2.45. The Hall–Kier alpha value is -2.54. The number of rotatable bonds is 5. The lowest BCUT2D eigenvalue weighted by Gasteiger charge is -2.30. The first kappa shape index (κ1) is 22.3. The zero-order chi connectivity index (χ0) is 23.1. The Bertz CT molecular complexity index is 1300. The van der Waals surface area contributed by atoms with Crippen molar-refractivity contribution in [1.29, 1.82) is 0 Å². The number of amides is 1. The van der Waals surface area contributed by atoms with Crippen molar-refractivity contribution in [2.24, 2.45) is 0 Å². The zero-order valence-electron chi connectivity index (χ0n) is 19.6. The minimum atomic E-state index is 0.0277. The van der Waals surface area contributed by atoms with Crippen LogP contribution < -0.4 is 5.32 Å². The van der Waals surface area contributed by atoms with Crippen molar-refractivity contribution in [3.8, 4) is 10.6 Å². The SMILES string of the molecule is Cc1ccc(CC(=O)Nc2sc3c(c2-c2nc4ccccc4s2)CCN(C(C)C)C3)cc1C. The van der Waals surface area contributed by atoms with Gasteiger partial charge in [-0.3, -0.25) is 9.69 Å². The molecule has 4 nitrogen and oxygen atoms in total. The summed E-state index contributed by atoms with van der Waals surface area (Å²) in [5.41, 5.74) is 7.02. The van der Waals surface area contributed by atoms with Crippen LogP contribution in [0.3, 0.4) is 0 Å². The second-order valence-corrected chi connectivity index (χ2v) is 11.3. The van der Waals surface area contributed by atoms with Gasteiger partial charge in [0.25, 0.3) is 0 Å². The Kier molecular flexibility index (Phi) is 6.08. The largest absolute Gasteiger partial charge is 0.317 e. The van der Waals surface area contributed by atoms with Crippen LogP contribution in [-0.2, 0) is 24.2 Å². The van der Waals surface area contributed by atoms with Gasteiger partial charge in [0.2, 0.25) is 5.91 Å². The number of hydrogen-bond donors (Lipinski definition) is 1. The number of aryl methyl sites for hydroxylation is 2. The third-order valence-corrected chi connectivity index (χ3v) is 8.70. The summed E-state index contributed by atoms with van der Waals surface area (Å²) >= 11 is 3.44. The number of carbonyl (C=O) groups is 1. The number of thiazole rings is 1. The van der Waals surface area contributed by atoms with Gasteiger partial charge in [-0.05, 0) is 68.5 Å². The van der Waals surface area contributed by atoms with Crippen molar-refractivity contribution in [2.45, 2.75) is 53.1 Å². The Morgan fingerprint density at radius 1 is 1.12 bits per heavy atom. The lowest BCUT2D eigenvalue weighted by Crippen LogP contribution is -2.35. The van der Waals surface area contributed by atoms with Crippen LogP contribution in [0, 0.1) is 13.8 Å². The molecule has 1 aliphatic rings. The second kappa shape index (κ2) is 9.01. The Morgan fingerprint density at radius 3 is 2.70 bits per heavy atom. The number of fused-ring (bicyclic) bond motifs is 2. The molecule has 5 rings (SSSR count). The van der Waals surface area contributed by atoms with Crippen LogP contribution in [0.25, 0.3) is 20.8 Å². The van der Waals surface area contributed by atoms with Crippen LogP contribution in [0.2, 0.25) is 0 Å². The van der Waals surface area contributed by atoms with Gasteiger partial charge in [-0.2, -0.15) is 0 Å². The first-order valence-corrected chi connectivity index (χ1v) is 13.1. The minimum Gasteiger partial charge on any atom is -0.317 e. The Morgan fingerprint density at radius 2 is 1.94 bits per heavy atom. The molecule has 0 saturated heterocycles. The number of nitrogens with one attached hydrogen (secondary N) is 1. The summed E-state index contributed by atoms with van der Waals surface area (Å²) in [7, 11) is 0. The van der Waals surface area contributed by atoms with Gasteiger partial charge in [0.15, 0.2) is 0 Å². The molecule has 0 aliphatic carbocycles. The fourth-order valence-electron chi connectivity index (χ4n) is 4.43. The molecule has 0 bridgehead atoms. The van der Waals surface area contributed by atoms with Gasteiger partial charge in [0.1, 0.15) is 10.0 Å². The number of aromatic nitrogens is 1. The van der Waals surface area contributed by atoms with Crippen molar-refractivity contribution in [3.05, 3.63) is 69.6 Å². The summed E-state index contributed by atoms with van der Waals surface area (Å²) in [6.45, 7) is 10.7. The zero-order valence-corrected chi connectivity index (χ0v) is 21.2. The summed E-state index contributed by atoms with van der Waals surface area (Å²) < 4.78 is 1.18. The molecular weight excluding hydrogens is 446 g/mol. The number of anilines is 1. The first-order chi connectivity index (χ1) is 15.9. The van der Waals surface area contributed by atoms with E-state index in [9.17, 15) is 4.79 Å². The van der Waals surface area contributed by atoms with E-state index >= 15 is 0 Å². The van der Waals surface area contributed by atoms with Gasteiger partial charge >= 0.3 is 0 Å². The number of benzene rings is 2. The van der Waals surface area contributed by atoms with Crippen LogP contribution in [0.4, 0.5) is 5.00 Å². The second-order valence-electron chi connectivity index (χ2n) is 9.15. The molecule has 0 unspecified atom stereocenters. The number of nitrogens with zero attached hydrogens (tertiary/aromatic N) is 2. The highest BCUT2D eigenvalue weighted by Gasteiger charge is 2.28. The van der Waals surface area contributed by atoms with Crippen molar-refractivity contribution in [1.82, 2.24) is 9.88 Å². The standard InChI is InChI=1S/C27H29N3OS2/c1-16(2)30-12-11-20-23(15-30)33-27(25(20)26-28-21-7-5-6-8-22(21)32-26)29-24(31)14-19-10-9-17(3)18(4)13-19/h5-10,13,16H,11-12,14-15H2,1-4H3,(H,29,31). The maximum absolute atomic E-state index is 13.1. The summed E-state index contributed by atoms with van der Waals surface area (Å²) in [4.78, 5) is 21.9. The van der Waals surface area contributed by atoms with Crippen molar-refractivity contribution in [3.63, 3.8) is 0 Å². The normalized spacial score (nSPS) is 14.1. The van der Waals surface area contributed by atoms with Crippen LogP contribution >= 0.6 is 22.7 Å². The lowest BCUT2D eigenvalue weighted by molar-refractivity contribution is -0.115. The van der Waals surface area contributed by atoms with E-state index in [2.05, 4.69) is 74.3 Å². The summed E-state index contributed by atoms with van der Waals surface area (Å²) in [5.74, 6) is 0.0277. The predicted molar refractivity (Wildman–Crippen MR) is 140 cm³/mol. The van der Waals surface area contributed by atoms with E-state index in [4.69, 9.17) is 4.98 Å². The van der Waals surface area contributed by atoms with E-state index < -0.39 is 0 Å². The quantitative estimate of drug-likeness (QED) is 0.354. The van der Waals surface area contributed by atoms with Crippen molar-refractivity contribution < 1.29 is 4.79 Å². The topological polar surface area (TPSA) is 45.2 Å². The highest BCUT2D eigenvalue weighted by atomic mass is 32.1. The number of carbonyl (C=O) groups excluding carboxylic acids is 1. The first-order valence-electron chi connectivity index (χ1n) is 11.5. The average Bonchev–Trinajstić information content (AvgIpc) is 3.36. The maximum atomic E-state index is 13.1. The van der Waals surface area contributed by atoms with Crippen LogP contribution in [-0.4, -0.2) is 28.4 Å². The molecule has 2 aromatic heterocycles. The number of hydrogen-bond acceptors (Lipinski definition) is 5. The molecule has 33 heavy (non-hydrogen) atoms. The van der Waals surface area contributed by atoms with E-state index in [1.54, 1.807) is 22.7 Å².